The molecule has 0 heterocycles. The minimum absolute atomic E-state index is 0.726. The average Bonchev–Trinajstić information content (AvgIpc) is 2.38. The molecule has 0 saturated heterocycles. The van der Waals surface area contributed by atoms with E-state index in [1.165, 1.54) is 6.26 Å². The molecule has 0 aromatic rings. The van der Waals surface area contributed by atoms with E-state index in [0.29, 0.717) is 0 Å². The summed E-state index contributed by atoms with van der Waals surface area (Å²) >= 11 is 0. The molecule has 0 aliphatic heterocycles. The molecule has 0 saturated carbocycles. The molecule has 0 aromatic heterocycles. The first kappa shape index (κ1) is 29.2. The van der Waals surface area contributed by atoms with Crippen LogP contribution in [0.2, 0.25) is 0 Å². The number of hydrogen-bond acceptors (Lipinski definition) is 1. The van der Waals surface area contributed by atoms with Gasteiger partial charge in [-0.05, 0) is 13.3 Å². The minimum atomic E-state index is 0.726. The lowest BCUT2D eigenvalue weighted by atomic mass is 10.5. The second kappa shape index (κ2) is 109. The molecule has 96 valence electrons. The van der Waals surface area contributed by atoms with Gasteiger partial charge in [0.2, 0.25) is 0 Å². The zero-order chi connectivity index (χ0) is 13.5. The molecule has 0 aliphatic rings. The number of rotatable bonds is 3. The van der Waals surface area contributed by atoms with Crippen LogP contribution in [0.15, 0.2) is 25.5 Å². The molecule has 0 radical (unpaired) electrons. The summed E-state index contributed by atoms with van der Waals surface area (Å²) in [5.41, 5.74) is 0. The zero-order valence-electron chi connectivity index (χ0n) is 12.4. The Hall–Kier alpha value is -0.720. The summed E-state index contributed by atoms with van der Waals surface area (Å²) in [6.07, 6.45) is 4.39. The largest absolute Gasteiger partial charge is 0.502 e. The summed E-state index contributed by atoms with van der Waals surface area (Å²) in [7, 11) is 0. The van der Waals surface area contributed by atoms with Crippen LogP contribution >= 0.6 is 0 Å². The van der Waals surface area contributed by atoms with Crippen molar-refractivity contribution in [3.8, 4) is 0 Å². The lowest BCUT2D eigenvalue weighted by molar-refractivity contribution is 0.270. The summed E-state index contributed by atoms with van der Waals surface area (Å²) < 4.78 is 4.60. The van der Waals surface area contributed by atoms with Crippen molar-refractivity contribution in [3.05, 3.63) is 25.5 Å². The van der Waals surface area contributed by atoms with Gasteiger partial charge in [-0.2, -0.15) is 0 Å². The molecule has 1 heteroatoms. The van der Waals surface area contributed by atoms with E-state index in [1.54, 1.807) is 0 Å². The average molecular weight is 218 g/mol. The molecule has 0 N–H and O–H groups in total. The normalized spacial score (nSPS) is 5.07. The highest BCUT2D eigenvalue weighted by Gasteiger charge is 1.55. The monoisotopic (exact) mass is 218 g/mol. The maximum Gasteiger partial charge on any atom is 0.0844 e. The van der Waals surface area contributed by atoms with Crippen molar-refractivity contribution >= 4 is 0 Å². The van der Waals surface area contributed by atoms with Crippen LogP contribution in [0.3, 0.4) is 0 Å². The number of ether oxygens (including phenoxy) is 1. The van der Waals surface area contributed by atoms with E-state index in [1.807, 2.05) is 54.5 Å². The Labute approximate surface area is 99.2 Å². The van der Waals surface area contributed by atoms with Crippen LogP contribution in [0.5, 0.6) is 0 Å². The molecule has 15 heavy (non-hydrogen) atoms. The van der Waals surface area contributed by atoms with Crippen LogP contribution < -0.4 is 0 Å². The van der Waals surface area contributed by atoms with Crippen LogP contribution in [0.1, 0.15) is 61.8 Å². The fraction of sp³-hybridized carbons (Fsp3) is 0.714. The van der Waals surface area contributed by atoms with Crippen molar-refractivity contribution in [3.63, 3.8) is 0 Å². The molecule has 0 fully saturated rings. The Morgan fingerprint density at radius 2 is 1.13 bits per heavy atom. The van der Waals surface area contributed by atoms with Crippen molar-refractivity contribution in [2.75, 3.05) is 6.61 Å². The molecular formula is C14H34O. The molecule has 0 spiro atoms. The van der Waals surface area contributed by atoms with Gasteiger partial charge in [0.25, 0.3) is 0 Å². The van der Waals surface area contributed by atoms with Crippen molar-refractivity contribution < 1.29 is 4.74 Å². The number of allylic oxidation sites excluding steroid dienone is 1. The van der Waals surface area contributed by atoms with Crippen molar-refractivity contribution in [2.24, 2.45) is 0 Å². The Kier molecular flexibility index (Phi) is 213. The molecule has 0 atom stereocenters. The first-order chi connectivity index (χ1) is 7.33. The second-order valence-corrected chi connectivity index (χ2v) is 1.32. The summed E-state index contributed by atoms with van der Waals surface area (Å²) in [5.74, 6) is 0. The second-order valence-electron chi connectivity index (χ2n) is 1.32. The van der Waals surface area contributed by atoms with Gasteiger partial charge >= 0.3 is 0 Å². The molecular weight excluding hydrogens is 184 g/mol. The highest BCUT2D eigenvalue weighted by molar-refractivity contribution is 4.60. The molecule has 0 bridgehead atoms. The van der Waals surface area contributed by atoms with Crippen LogP contribution in [-0.2, 0) is 4.74 Å². The fourth-order valence-electron chi connectivity index (χ4n) is 0.118. The van der Waals surface area contributed by atoms with E-state index < -0.39 is 0 Å². The standard InChI is InChI=1S/C4H8O.C4H8.3C2H6/c1-3-5-4-2;1-3-4-2;3*1-2/h3H,1,4H2,2H3;3H,1,4H2,2H3;3*1-2H3. The first-order valence-corrected chi connectivity index (χ1v) is 6.16. The van der Waals surface area contributed by atoms with Crippen LogP contribution in [0.25, 0.3) is 0 Å². The minimum Gasteiger partial charge on any atom is -0.502 e. The van der Waals surface area contributed by atoms with E-state index in [0.717, 1.165) is 13.0 Å². The fourth-order valence-corrected chi connectivity index (χ4v) is 0.118. The van der Waals surface area contributed by atoms with Crippen LogP contribution in [-0.4, -0.2) is 6.61 Å². The van der Waals surface area contributed by atoms with Gasteiger partial charge in [0.05, 0.1) is 12.9 Å². The van der Waals surface area contributed by atoms with Gasteiger partial charge in [-0.3, -0.25) is 0 Å². The summed E-state index contributed by atoms with van der Waals surface area (Å²) in [6, 6.07) is 0. The lowest BCUT2D eigenvalue weighted by Gasteiger charge is -1.84. The molecule has 1 nitrogen and oxygen atoms in total. The van der Waals surface area contributed by atoms with Gasteiger partial charge in [0.1, 0.15) is 0 Å². The van der Waals surface area contributed by atoms with Crippen LogP contribution in [0, 0.1) is 0 Å². The van der Waals surface area contributed by atoms with Gasteiger partial charge in [0, 0.05) is 0 Å². The maximum absolute atomic E-state index is 4.60. The smallest absolute Gasteiger partial charge is 0.0844 e. The Bertz CT molecular complexity index is 58.4. The van der Waals surface area contributed by atoms with Gasteiger partial charge in [0.15, 0.2) is 0 Å². The van der Waals surface area contributed by atoms with E-state index in [4.69, 9.17) is 0 Å². The van der Waals surface area contributed by atoms with Gasteiger partial charge in [-0.15, -0.1) is 6.58 Å². The Balaban J connectivity index is -0.0000000301. The zero-order valence-corrected chi connectivity index (χ0v) is 12.4. The SMILES string of the molecule is C=CCC.C=COCC.CC.CC.CC. The van der Waals surface area contributed by atoms with Gasteiger partial charge in [-0.25, -0.2) is 0 Å². The van der Waals surface area contributed by atoms with E-state index in [-0.39, 0.29) is 0 Å². The summed E-state index contributed by atoms with van der Waals surface area (Å²) in [4.78, 5) is 0. The summed E-state index contributed by atoms with van der Waals surface area (Å²) in [5, 5.41) is 0. The van der Waals surface area contributed by atoms with Crippen molar-refractivity contribution in [2.45, 2.75) is 61.8 Å². The van der Waals surface area contributed by atoms with Crippen LogP contribution in [0.4, 0.5) is 0 Å². The third-order valence-electron chi connectivity index (χ3n) is 0.573. The topological polar surface area (TPSA) is 9.23 Å². The highest BCUT2D eigenvalue weighted by Crippen LogP contribution is 1.66. The number of hydrogen-bond donors (Lipinski definition) is 0. The van der Waals surface area contributed by atoms with Gasteiger partial charge < -0.3 is 4.74 Å². The van der Waals surface area contributed by atoms with Gasteiger partial charge in [-0.1, -0.05) is 61.1 Å². The summed E-state index contributed by atoms with van der Waals surface area (Å²) in [6.45, 7) is 23.5. The molecule has 0 rings (SSSR count). The quantitative estimate of drug-likeness (QED) is 0.428. The predicted octanol–water partition coefficient (Wildman–Crippen LogP) is 5.83. The van der Waals surface area contributed by atoms with E-state index >= 15 is 0 Å². The highest BCUT2D eigenvalue weighted by atomic mass is 16.5. The predicted molar refractivity (Wildman–Crippen MR) is 76.4 cm³/mol. The first-order valence-electron chi connectivity index (χ1n) is 6.16. The maximum atomic E-state index is 4.60. The van der Waals surface area contributed by atoms with E-state index in [9.17, 15) is 0 Å². The van der Waals surface area contributed by atoms with E-state index in [2.05, 4.69) is 24.8 Å². The third kappa shape index (κ3) is 325. The van der Waals surface area contributed by atoms with Crippen molar-refractivity contribution in [1.29, 1.82) is 0 Å². The van der Waals surface area contributed by atoms with Crippen molar-refractivity contribution in [1.82, 2.24) is 0 Å². The Morgan fingerprint density at radius 1 is 0.867 bits per heavy atom. The molecule has 0 aliphatic carbocycles. The third-order valence-corrected chi connectivity index (χ3v) is 0.573. The molecule has 0 unspecified atom stereocenters. The lowest BCUT2D eigenvalue weighted by Crippen LogP contribution is -1.72. The molecule has 0 amide bonds. The molecule has 0 aromatic carbocycles. The Morgan fingerprint density at radius 3 is 1.13 bits per heavy atom.